The van der Waals surface area contributed by atoms with Crippen LogP contribution in [0.5, 0.6) is 5.75 Å². The molecule has 2 aliphatic heterocycles. The third-order valence-electron chi connectivity index (χ3n) is 4.64. The summed E-state index contributed by atoms with van der Waals surface area (Å²) in [6.45, 7) is 4.79. The smallest absolute Gasteiger partial charge is 0.254 e. The van der Waals surface area contributed by atoms with Crippen LogP contribution in [-0.4, -0.2) is 68.3 Å². The number of nitrogens with zero attached hydrogens (tertiary/aromatic N) is 2. The van der Waals surface area contributed by atoms with Crippen molar-refractivity contribution in [3.05, 3.63) is 29.6 Å². The number of methoxy groups -OCH3 is 1. The SMILES string of the molecule is COc1ccc(C(=O)N2CCCC(N3CCOCC3)C2)cc1F. The number of hydrogen-bond acceptors (Lipinski definition) is 4. The number of hydrogen-bond donors (Lipinski definition) is 0. The van der Waals surface area contributed by atoms with Gasteiger partial charge in [0.25, 0.3) is 5.91 Å². The highest BCUT2D eigenvalue weighted by atomic mass is 19.1. The quantitative estimate of drug-likeness (QED) is 0.851. The molecule has 3 rings (SSSR count). The zero-order chi connectivity index (χ0) is 16.2. The molecule has 0 bridgehead atoms. The molecule has 2 saturated heterocycles. The second-order valence-electron chi connectivity index (χ2n) is 6.04. The zero-order valence-corrected chi connectivity index (χ0v) is 13.5. The molecule has 5 nitrogen and oxygen atoms in total. The molecule has 0 saturated carbocycles. The average molecular weight is 322 g/mol. The van der Waals surface area contributed by atoms with Gasteiger partial charge >= 0.3 is 0 Å². The molecule has 0 spiro atoms. The fraction of sp³-hybridized carbons (Fsp3) is 0.588. The number of likely N-dealkylation sites (tertiary alicyclic amines) is 1. The Hall–Kier alpha value is -1.66. The van der Waals surface area contributed by atoms with Crippen LogP contribution < -0.4 is 4.74 Å². The Morgan fingerprint density at radius 3 is 2.78 bits per heavy atom. The van der Waals surface area contributed by atoms with Crippen molar-refractivity contribution < 1.29 is 18.7 Å². The van der Waals surface area contributed by atoms with Gasteiger partial charge in [0.1, 0.15) is 0 Å². The fourth-order valence-electron chi connectivity index (χ4n) is 3.36. The van der Waals surface area contributed by atoms with Gasteiger partial charge in [-0.2, -0.15) is 0 Å². The van der Waals surface area contributed by atoms with Crippen molar-refractivity contribution in [3.63, 3.8) is 0 Å². The molecule has 23 heavy (non-hydrogen) atoms. The average Bonchev–Trinajstić information content (AvgIpc) is 2.62. The molecule has 0 aliphatic carbocycles. The molecule has 1 atom stereocenters. The van der Waals surface area contributed by atoms with Crippen LogP contribution in [0.15, 0.2) is 18.2 Å². The van der Waals surface area contributed by atoms with Gasteiger partial charge in [-0.05, 0) is 31.0 Å². The maximum Gasteiger partial charge on any atom is 0.254 e. The maximum atomic E-state index is 13.8. The van der Waals surface area contributed by atoms with Crippen LogP contribution in [0.25, 0.3) is 0 Å². The van der Waals surface area contributed by atoms with E-state index in [1.807, 2.05) is 4.90 Å². The van der Waals surface area contributed by atoms with E-state index >= 15 is 0 Å². The Balaban J connectivity index is 1.67. The van der Waals surface area contributed by atoms with Crippen LogP contribution in [0.1, 0.15) is 23.2 Å². The summed E-state index contributed by atoms with van der Waals surface area (Å²) < 4.78 is 24.1. The number of rotatable bonds is 3. The molecule has 126 valence electrons. The Morgan fingerprint density at radius 2 is 2.09 bits per heavy atom. The zero-order valence-electron chi connectivity index (χ0n) is 13.5. The van der Waals surface area contributed by atoms with Crippen molar-refractivity contribution in [3.8, 4) is 5.75 Å². The summed E-state index contributed by atoms with van der Waals surface area (Å²) in [5.74, 6) is -0.448. The van der Waals surface area contributed by atoms with Gasteiger partial charge in [0.05, 0.1) is 20.3 Å². The summed E-state index contributed by atoms with van der Waals surface area (Å²) in [5, 5.41) is 0. The minimum atomic E-state index is -0.500. The van der Waals surface area contributed by atoms with E-state index in [1.54, 1.807) is 6.07 Å². The molecule has 1 amide bonds. The Bertz CT molecular complexity index is 561. The number of morpholine rings is 1. The van der Waals surface area contributed by atoms with E-state index in [4.69, 9.17) is 9.47 Å². The number of piperidine rings is 1. The predicted molar refractivity (Wildman–Crippen MR) is 84.3 cm³/mol. The Labute approximate surface area is 136 Å². The molecule has 2 aliphatic rings. The highest BCUT2D eigenvalue weighted by Crippen LogP contribution is 2.22. The molecule has 0 aromatic heterocycles. The Morgan fingerprint density at radius 1 is 1.30 bits per heavy atom. The van der Waals surface area contributed by atoms with E-state index in [-0.39, 0.29) is 11.7 Å². The topological polar surface area (TPSA) is 42.0 Å². The second kappa shape index (κ2) is 7.27. The fourth-order valence-corrected chi connectivity index (χ4v) is 3.36. The minimum absolute atomic E-state index is 0.107. The first-order valence-corrected chi connectivity index (χ1v) is 8.13. The normalized spacial score (nSPS) is 22.9. The molecule has 1 unspecified atom stereocenters. The van der Waals surface area contributed by atoms with Crippen LogP contribution in [-0.2, 0) is 4.74 Å². The summed E-state index contributed by atoms with van der Waals surface area (Å²) in [6, 6.07) is 4.77. The summed E-state index contributed by atoms with van der Waals surface area (Å²) in [6.07, 6.45) is 2.08. The van der Waals surface area contributed by atoms with E-state index < -0.39 is 5.82 Å². The number of benzene rings is 1. The number of ether oxygens (including phenoxy) is 2. The van der Waals surface area contributed by atoms with Crippen LogP contribution in [0.2, 0.25) is 0 Å². The van der Waals surface area contributed by atoms with Crippen molar-refractivity contribution in [1.29, 1.82) is 0 Å². The lowest BCUT2D eigenvalue weighted by molar-refractivity contribution is -0.00121. The van der Waals surface area contributed by atoms with Crippen LogP contribution in [0.3, 0.4) is 0 Å². The van der Waals surface area contributed by atoms with E-state index in [9.17, 15) is 9.18 Å². The number of carbonyl (C=O) groups is 1. The van der Waals surface area contributed by atoms with Crippen molar-refractivity contribution in [2.24, 2.45) is 0 Å². The van der Waals surface area contributed by atoms with Gasteiger partial charge in [-0.1, -0.05) is 0 Å². The molecule has 2 heterocycles. The third kappa shape index (κ3) is 3.64. The van der Waals surface area contributed by atoms with Gasteiger partial charge in [-0.15, -0.1) is 0 Å². The lowest BCUT2D eigenvalue weighted by atomic mass is 10.0. The lowest BCUT2D eigenvalue weighted by Gasteiger charge is -2.40. The first kappa shape index (κ1) is 16.2. The molecule has 2 fully saturated rings. The summed E-state index contributed by atoms with van der Waals surface area (Å²) in [4.78, 5) is 16.9. The van der Waals surface area contributed by atoms with E-state index in [0.717, 1.165) is 45.7 Å². The Kier molecular flexibility index (Phi) is 5.13. The van der Waals surface area contributed by atoms with Crippen molar-refractivity contribution in [2.75, 3.05) is 46.5 Å². The summed E-state index contributed by atoms with van der Waals surface area (Å²) >= 11 is 0. The molecule has 6 heteroatoms. The van der Waals surface area contributed by atoms with Crippen LogP contribution in [0.4, 0.5) is 4.39 Å². The number of halogens is 1. The molecular formula is C17H23FN2O3. The molecule has 0 radical (unpaired) electrons. The highest BCUT2D eigenvalue weighted by molar-refractivity contribution is 5.94. The lowest BCUT2D eigenvalue weighted by Crippen LogP contribution is -2.52. The summed E-state index contributed by atoms with van der Waals surface area (Å²) in [7, 11) is 1.41. The number of amides is 1. The predicted octanol–water partition coefficient (Wildman–Crippen LogP) is 1.77. The van der Waals surface area contributed by atoms with Gasteiger partial charge in [0, 0.05) is 37.8 Å². The largest absolute Gasteiger partial charge is 0.494 e. The van der Waals surface area contributed by atoms with Crippen molar-refractivity contribution in [2.45, 2.75) is 18.9 Å². The van der Waals surface area contributed by atoms with Crippen molar-refractivity contribution in [1.82, 2.24) is 9.80 Å². The van der Waals surface area contributed by atoms with E-state index in [2.05, 4.69) is 4.90 Å². The van der Waals surface area contributed by atoms with Gasteiger partial charge in [-0.3, -0.25) is 9.69 Å². The van der Waals surface area contributed by atoms with Crippen molar-refractivity contribution >= 4 is 5.91 Å². The third-order valence-corrected chi connectivity index (χ3v) is 4.64. The first-order chi connectivity index (χ1) is 11.2. The van der Waals surface area contributed by atoms with Crippen LogP contribution >= 0.6 is 0 Å². The molecule has 1 aromatic rings. The standard InChI is InChI=1S/C17H23FN2O3/c1-22-16-5-4-13(11-15(16)18)17(21)20-6-2-3-14(12-20)19-7-9-23-10-8-19/h4-5,11,14H,2-3,6-10,12H2,1H3. The van der Waals surface area contributed by atoms with Crippen LogP contribution in [0, 0.1) is 5.82 Å². The van der Waals surface area contributed by atoms with Gasteiger partial charge in [0.15, 0.2) is 11.6 Å². The van der Waals surface area contributed by atoms with Gasteiger partial charge in [0.2, 0.25) is 0 Å². The van der Waals surface area contributed by atoms with Gasteiger partial charge in [-0.25, -0.2) is 4.39 Å². The second-order valence-corrected chi connectivity index (χ2v) is 6.04. The van der Waals surface area contributed by atoms with Gasteiger partial charge < -0.3 is 14.4 Å². The maximum absolute atomic E-state index is 13.8. The number of carbonyl (C=O) groups excluding carboxylic acids is 1. The highest BCUT2D eigenvalue weighted by Gasteiger charge is 2.29. The van der Waals surface area contributed by atoms with E-state index in [0.29, 0.717) is 18.2 Å². The summed E-state index contributed by atoms with van der Waals surface area (Å²) in [5.41, 5.74) is 0.380. The monoisotopic (exact) mass is 322 g/mol. The minimum Gasteiger partial charge on any atom is -0.494 e. The van der Waals surface area contributed by atoms with E-state index in [1.165, 1.54) is 19.2 Å². The molecule has 1 aromatic carbocycles. The molecular weight excluding hydrogens is 299 g/mol. The first-order valence-electron chi connectivity index (χ1n) is 8.13. The molecule has 0 N–H and O–H groups in total.